The van der Waals surface area contributed by atoms with Crippen LogP contribution in [0.3, 0.4) is 0 Å². The van der Waals surface area contributed by atoms with Gasteiger partial charge in [0.15, 0.2) is 0 Å². The van der Waals surface area contributed by atoms with E-state index in [1.165, 1.54) is 44.1 Å². The summed E-state index contributed by atoms with van der Waals surface area (Å²) in [4.78, 5) is 0.712. The van der Waals surface area contributed by atoms with Gasteiger partial charge in [-0.3, -0.25) is 0 Å². The lowest BCUT2D eigenvalue weighted by atomic mass is 10.0. The number of sulfone groups is 1. The van der Waals surface area contributed by atoms with E-state index in [1.54, 1.807) is 36.4 Å². The summed E-state index contributed by atoms with van der Waals surface area (Å²) in [5, 5.41) is 0. The number of aryl methyl sites for hydroxylation is 1. The van der Waals surface area contributed by atoms with Gasteiger partial charge in [0.2, 0.25) is 9.84 Å². The molecule has 2 aromatic carbocycles. The van der Waals surface area contributed by atoms with E-state index < -0.39 is 9.84 Å². The molecule has 142 valence electrons. The maximum atomic E-state index is 12.6. The quantitative estimate of drug-likeness (QED) is 0.524. The summed E-state index contributed by atoms with van der Waals surface area (Å²) < 4.78 is 25.1. The zero-order valence-corrected chi connectivity index (χ0v) is 16.4. The van der Waals surface area contributed by atoms with Crippen LogP contribution in [0, 0.1) is 0 Å². The minimum Gasteiger partial charge on any atom is -0.330 e. The maximum absolute atomic E-state index is 12.6. The van der Waals surface area contributed by atoms with Gasteiger partial charge in [-0.2, -0.15) is 0 Å². The predicted octanol–water partition coefficient (Wildman–Crippen LogP) is 5.14. The molecule has 0 amide bonds. The Balaban J connectivity index is 1.73. The van der Waals surface area contributed by atoms with Crippen LogP contribution in [-0.4, -0.2) is 15.0 Å². The van der Waals surface area contributed by atoms with E-state index in [4.69, 9.17) is 5.73 Å². The van der Waals surface area contributed by atoms with Gasteiger partial charge >= 0.3 is 0 Å². The monoisotopic (exact) mass is 373 g/mol. The molecule has 26 heavy (non-hydrogen) atoms. The summed E-state index contributed by atoms with van der Waals surface area (Å²) in [6.45, 7) is 0.811. The second kappa shape index (κ2) is 11.1. The smallest absolute Gasteiger partial charge is 0.206 e. The highest BCUT2D eigenvalue weighted by Gasteiger charge is 2.16. The number of benzene rings is 2. The first-order chi connectivity index (χ1) is 12.6. The van der Waals surface area contributed by atoms with Crippen LogP contribution in [0.25, 0.3) is 0 Å². The Labute approximate surface area is 158 Å². The van der Waals surface area contributed by atoms with Crippen LogP contribution in [0.2, 0.25) is 0 Å². The number of unbranched alkanes of at least 4 members (excludes halogenated alkanes) is 7. The largest absolute Gasteiger partial charge is 0.330 e. The van der Waals surface area contributed by atoms with Gasteiger partial charge in [0.25, 0.3) is 0 Å². The first kappa shape index (κ1) is 20.7. The first-order valence-electron chi connectivity index (χ1n) is 9.74. The SMILES string of the molecule is NCCCCCCCCCCc1ccc(S(=O)(=O)c2ccccc2)cc1. The summed E-state index contributed by atoms with van der Waals surface area (Å²) in [5.41, 5.74) is 6.70. The molecular weight excluding hydrogens is 342 g/mol. The fourth-order valence-electron chi connectivity index (χ4n) is 3.11. The molecule has 0 aliphatic rings. The highest BCUT2D eigenvalue weighted by Crippen LogP contribution is 2.21. The van der Waals surface area contributed by atoms with Gasteiger partial charge in [-0.1, -0.05) is 68.9 Å². The molecule has 2 N–H and O–H groups in total. The lowest BCUT2D eigenvalue weighted by Crippen LogP contribution is -2.01. The van der Waals surface area contributed by atoms with Crippen molar-refractivity contribution in [3.8, 4) is 0 Å². The first-order valence-corrected chi connectivity index (χ1v) is 11.2. The zero-order valence-electron chi connectivity index (χ0n) is 15.6. The third-order valence-corrected chi connectivity index (χ3v) is 6.49. The molecule has 2 aromatic rings. The van der Waals surface area contributed by atoms with E-state index >= 15 is 0 Å². The molecule has 0 heterocycles. The summed E-state index contributed by atoms with van der Waals surface area (Å²) in [6.07, 6.45) is 11.0. The van der Waals surface area contributed by atoms with Gasteiger partial charge in [0, 0.05) is 0 Å². The Bertz CT molecular complexity index is 724. The average Bonchev–Trinajstić information content (AvgIpc) is 2.68. The zero-order chi connectivity index (χ0) is 18.7. The molecule has 0 aliphatic heterocycles. The van der Waals surface area contributed by atoms with E-state index in [0.29, 0.717) is 9.79 Å². The third-order valence-electron chi connectivity index (χ3n) is 4.71. The molecule has 0 radical (unpaired) electrons. The summed E-state index contributed by atoms with van der Waals surface area (Å²) in [6, 6.07) is 16.0. The molecule has 0 saturated carbocycles. The highest BCUT2D eigenvalue weighted by molar-refractivity contribution is 7.91. The molecule has 4 heteroatoms. The average molecular weight is 374 g/mol. The van der Waals surface area contributed by atoms with E-state index in [9.17, 15) is 8.42 Å². The number of rotatable bonds is 12. The molecule has 0 atom stereocenters. The molecular formula is C22H31NO2S. The lowest BCUT2D eigenvalue weighted by molar-refractivity contribution is 0.570. The molecule has 0 bridgehead atoms. The second-order valence-electron chi connectivity index (χ2n) is 6.83. The molecule has 0 saturated heterocycles. The molecule has 0 spiro atoms. The van der Waals surface area contributed by atoms with Crippen LogP contribution in [0.5, 0.6) is 0 Å². The van der Waals surface area contributed by atoms with Crippen molar-refractivity contribution in [3.63, 3.8) is 0 Å². The molecule has 0 unspecified atom stereocenters. The molecule has 0 fully saturated rings. The molecule has 2 rings (SSSR count). The Kier molecular flexibility index (Phi) is 8.86. The van der Waals surface area contributed by atoms with Crippen molar-refractivity contribution in [2.24, 2.45) is 5.73 Å². The van der Waals surface area contributed by atoms with Crippen LogP contribution in [0.15, 0.2) is 64.4 Å². The van der Waals surface area contributed by atoms with Crippen LogP contribution in [0.1, 0.15) is 56.9 Å². The van der Waals surface area contributed by atoms with Crippen molar-refractivity contribution >= 4 is 9.84 Å². The molecule has 0 aromatic heterocycles. The summed E-state index contributed by atoms with van der Waals surface area (Å²) in [5.74, 6) is 0. The van der Waals surface area contributed by atoms with E-state index in [0.717, 1.165) is 25.8 Å². The van der Waals surface area contributed by atoms with Gasteiger partial charge in [-0.05, 0) is 55.6 Å². The Morgan fingerprint density at radius 1 is 0.615 bits per heavy atom. The molecule has 0 aliphatic carbocycles. The van der Waals surface area contributed by atoms with Crippen LogP contribution in [-0.2, 0) is 16.3 Å². The topological polar surface area (TPSA) is 60.2 Å². The van der Waals surface area contributed by atoms with Gasteiger partial charge < -0.3 is 5.73 Å². The second-order valence-corrected chi connectivity index (χ2v) is 8.78. The maximum Gasteiger partial charge on any atom is 0.206 e. The van der Waals surface area contributed by atoms with E-state index in [1.807, 2.05) is 18.2 Å². The minimum absolute atomic E-state index is 0.346. The lowest BCUT2D eigenvalue weighted by Gasteiger charge is -2.06. The van der Waals surface area contributed by atoms with Gasteiger partial charge in [0.05, 0.1) is 9.79 Å². The van der Waals surface area contributed by atoms with Crippen molar-refractivity contribution in [2.45, 2.75) is 67.6 Å². The van der Waals surface area contributed by atoms with Crippen LogP contribution in [0.4, 0.5) is 0 Å². The Morgan fingerprint density at radius 2 is 1.12 bits per heavy atom. The van der Waals surface area contributed by atoms with Crippen molar-refractivity contribution in [3.05, 3.63) is 60.2 Å². The van der Waals surface area contributed by atoms with Crippen LogP contribution < -0.4 is 5.73 Å². The van der Waals surface area contributed by atoms with E-state index in [-0.39, 0.29) is 0 Å². The molecule has 3 nitrogen and oxygen atoms in total. The van der Waals surface area contributed by atoms with Crippen molar-refractivity contribution < 1.29 is 8.42 Å². The normalized spacial score (nSPS) is 11.6. The third kappa shape index (κ3) is 6.58. The van der Waals surface area contributed by atoms with Crippen molar-refractivity contribution in [1.82, 2.24) is 0 Å². The van der Waals surface area contributed by atoms with Crippen molar-refractivity contribution in [2.75, 3.05) is 6.54 Å². The minimum atomic E-state index is -3.41. The number of nitrogens with two attached hydrogens (primary N) is 1. The standard InChI is InChI=1S/C22H31NO2S/c23-19-11-6-4-2-1-3-5-8-12-20-15-17-22(18-16-20)26(24,25)21-13-9-7-10-14-21/h7,9-10,13-18H,1-6,8,11-12,19,23H2. The van der Waals surface area contributed by atoms with Gasteiger partial charge in [-0.25, -0.2) is 8.42 Å². The number of hydrogen-bond donors (Lipinski definition) is 1. The summed E-state index contributed by atoms with van der Waals surface area (Å²) >= 11 is 0. The number of hydrogen-bond acceptors (Lipinski definition) is 3. The van der Waals surface area contributed by atoms with Crippen molar-refractivity contribution in [1.29, 1.82) is 0 Å². The van der Waals surface area contributed by atoms with E-state index in [2.05, 4.69) is 0 Å². The van der Waals surface area contributed by atoms with Gasteiger partial charge in [-0.15, -0.1) is 0 Å². The fraction of sp³-hybridized carbons (Fsp3) is 0.455. The Morgan fingerprint density at radius 3 is 1.69 bits per heavy atom. The highest BCUT2D eigenvalue weighted by atomic mass is 32.2. The van der Waals surface area contributed by atoms with Crippen LogP contribution >= 0.6 is 0 Å². The Hall–Kier alpha value is -1.65. The van der Waals surface area contributed by atoms with Gasteiger partial charge in [0.1, 0.15) is 0 Å². The summed E-state index contributed by atoms with van der Waals surface area (Å²) in [7, 11) is -3.41. The fourth-order valence-corrected chi connectivity index (χ4v) is 4.39. The predicted molar refractivity (Wildman–Crippen MR) is 108 cm³/mol.